The molecule has 0 saturated heterocycles. The molecule has 1 aliphatic rings. The summed E-state index contributed by atoms with van der Waals surface area (Å²) in [5.41, 5.74) is 3.18. The van der Waals surface area contributed by atoms with Crippen LogP contribution in [0.2, 0.25) is 0 Å². The van der Waals surface area contributed by atoms with E-state index >= 15 is 0 Å². The molecule has 2 aromatic carbocycles. The van der Waals surface area contributed by atoms with Crippen LogP contribution in [0.25, 0.3) is 16.5 Å². The number of benzene rings is 2. The molecule has 0 amide bonds. The lowest BCUT2D eigenvalue weighted by atomic mass is 9.90. The molecule has 1 heterocycles. The molecule has 1 fully saturated rings. The molecule has 4 rings (SSSR count). The van der Waals surface area contributed by atoms with E-state index in [0.717, 1.165) is 40.7 Å². The van der Waals surface area contributed by atoms with Crippen molar-refractivity contribution in [3.05, 3.63) is 71.7 Å². The molecule has 0 radical (unpaired) electrons. The van der Waals surface area contributed by atoms with Crippen LogP contribution in [0, 0.1) is 5.41 Å². The summed E-state index contributed by atoms with van der Waals surface area (Å²) in [5.74, 6) is 0.929. The number of hydrogen-bond acceptors (Lipinski definition) is 6. The number of rotatable bonds is 6. The van der Waals surface area contributed by atoms with Crippen molar-refractivity contribution in [2.24, 2.45) is 0 Å². The Morgan fingerprint density at radius 1 is 1.00 bits per heavy atom. The van der Waals surface area contributed by atoms with Crippen LogP contribution < -0.4 is 5.32 Å². The third-order valence-electron chi connectivity index (χ3n) is 6.37. The zero-order valence-electron chi connectivity index (χ0n) is 19.0. The second kappa shape index (κ2) is 9.49. The first-order valence-corrected chi connectivity index (χ1v) is 11.2. The Bertz CT molecular complexity index is 1130. The number of aromatic nitrogens is 2. The molecule has 3 aromatic rings. The van der Waals surface area contributed by atoms with Crippen LogP contribution >= 0.6 is 0 Å². The number of fused-ring (bicyclic) bond motifs is 1. The van der Waals surface area contributed by atoms with Crippen molar-refractivity contribution in [3.8, 4) is 0 Å². The van der Waals surface area contributed by atoms with E-state index in [1.165, 1.54) is 12.8 Å². The van der Waals surface area contributed by atoms with E-state index in [1.807, 2.05) is 48.5 Å². The van der Waals surface area contributed by atoms with E-state index in [-0.39, 0.29) is 5.76 Å². The third kappa shape index (κ3) is 4.65. The highest BCUT2D eigenvalue weighted by molar-refractivity contribution is 6.31. The first-order valence-electron chi connectivity index (χ1n) is 11.2. The topological polar surface area (TPSA) is 85.1 Å². The minimum atomic E-state index is 0.117. The number of hydrogen-bond donors (Lipinski definition) is 3. The molecule has 0 aliphatic heterocycles. The average Bonchev–Trinajstić information content (AvgIpc) is 2.80. The lowest BCUT2D eigenvalue weighted by molar-refractivity contribution is 0.221. The summed E-state index contributed by atoms with van der Waals surface area (Å²) in [4.78, 5) is 11.3. The van der Waals surface area contributed by atoms with Crippen LogP contribution in [0.1, 0.15) is 43.7 Å². The highest BCUT2D eigenvalue weighted by Gasteiger charge is 2.23. The molecule has 1 aliphatic carbocycles. The Balaban J connectivity index is 1.65. The standard InChI is InChI=1S/C26H31N5O/c1-17(32)24(25(27)18-7-5-4-6-8-18)19-9-14-23-22(15-19)26(29-16-28-23)30-20-10-12-21(13-11-20)31(2)3/h4-9,14-16,20-21,27,32H,10-13H2,1-3H3,(H,28,29,30)/b24-17-,27-25?/t20-,21-. The van der Waals surface area contributed by atoms with Gasteiger partial charge in [-0.2, -0.15) is 0 Å². The zero-order valence-corrected chi connectivity index (χ0v) is 19.0. The monoisotopic (exact) mass is 429 g/mol. The van der Waals surface area contributed by atoms with E-state index in [1.54, 1.807) is 13.3 Å². The highest BCUT2D eigenvalue weighted by atomic mass is 16.3. The molecule has 3 N–H and O–H groups in total. The summed E-state index contributed by atoms with van der Waals surface area (Å²) in [7, 11) is 4.30. The van der Waals surface area contributed by atoms with Gasteiger partial charge in [0, 0.05) is 28.6 Å². The van der Waals surface area contributed by atoms with E-state index < -0.39 is 0 Å². The van der Waals surface area contributed by atoms with Gasteiger partial charge in [0.1, 0.15) is 12.1 Å². The van der Waals surface area contributed by atoms with Crippen molar-refractivity contribution < 1.29 is 5.11 Å². The second-order valence-electron chi connectivity index (χ2n) is 8.77. The molecule has 6 heteroatoms. The summed E-state index contributed by atoms with van der Waals surface area (Å²) in [6.07, 6.45) is 6.14. The number of aliphatic hydroxyl groups is 1. The Morgan fingerprint density at radius 3 is 2.38 bits per heavy atom. The zero-order chi connectivity index (χ0) is 22.7. The van der Waals surface area contributed by atoms with Gasteiger partial charge in [0.05, 0.1) is 17.0 Å². The largest absolute Gasteiger partial charge is 0.512 e. The summed E-state index contributed by atoms with van der Waals surface area (Å²) in [6.45, 7) is 1.63. The minimum absolute atomic E-state index is 0.117. The van der Waals surface area contributed by atoms with Gasteiger partial charge in [-0.25, -0.2) is 9.97 Å². The van der Waals surface area contributed by atoms with Gasteiger partial charge in [-0.1, -0.05) is 36.4 Å². The van der Waals surface area contributed by atoms with Gasteiger partial charge in [0.15, 0.2) is 0 Å². The first-order chi connectivity index (χ1) is 15.4. The maximum absolute atomic E-state index is 10.5. The summed E-state index contributed by atoms with van der Waals surface area (Å²) in [6, 6.07) is 16.3. The molecule has 166 valence electrons. The maximum Gasteiger partial charge on any atom is 0.137 e. The van der Waals surface area contributed by atoms with Crippen molar-refractivity contribution in [1.82, 2.24) is 14.9 Å². The van der Waals surface area contributed by atoms with E-state index in [9.17, 15) is 5.11 Å². The molecule has 0 bridgehead atoms. The van der Waals surface area contributed by atoms with Crippen LogP contribution in [-0.2, 0) is 0 Å². The summed E-state index contributed by atoms with van der Waals surface area (Å²) >= 11 is 0. The molecule has 0 atom stereocenters. The van der Waals surface area contributed by atoms with Gasteiger partial charge in [-0.05, 0) is 64.4 Å². The molecule has 1 aromatic heterocycles. The predicted molar refractivity (Wildman–Crippen MR) is 131 cm³/mol. The van der Waals surface area contributed by atoms with E-state index in [0.29, 0.717) is 23.4 Å². The van der Waals surface area contributed by atoms with Gasteiger partial charge in [-0.15, -0.1) is 0 Å². The van der Waals surface area contributed by atoms with E-state index in [2.05, 4.69) is 34.3 Å². The SMILES string of the molecule is C/C(O)=C(/C(=N)c1ccccc1)c1ccc2ncnc(N[C@H]3CC[C@H](N(C)C)CC3)c2c1. The van der Waals surface area contributed by atoms with Crippen LogP contribution in [-0.4, -0.2) is 51.9 Å². The summed E-state index contributed by atoms with van der Waals surface area (Å²) in [5, 5.41) is 23.7. The number of nitrogens with one attached hydrogen (secondary N) is 2. The third-order valence-corrected chi connectivity index (χ3v) is 6.37. The van der Waals surface area contributed by atoms with Crippen molar-refractivity contribution in [1.29, 1.82) is 5.41 Å². The highest BCUT2D eigenvalue weighted by Crippen LogP contribution is 2.30. The molecule has 32 heavy (non-hydrogen) atoms. The second-order valence-corrected chi connectivity index (χ2v) is 8.77. The van der Waals surface area contributed by atoms with Crippen molar-refractivity contribution in [2.45, 2.75) is 44.7 Å². The number of anilines is 1. The van der Waals surface area contributed by atoms with E-state index in [4.69, 9.17) is 5.41 Å². The van der Waals surface area contributed by atoms with Gasteiger partial charge in [-0.3, -0.25) is 5.41 Å². The molecular weight excluding hydrogens is 398 g/mol. The van der Waals surface area contributed by atoms with Gasteiger partial charge >= 0.3 is 0 Å². The van der Waals surface area contributed by atoms with Crippen molar-refractivity contribution >= 4 is 28.0 Å². The van der Waals surface area contributed by atoms with Crippen molar-refractivity contribution in [2.75, 3.05) is 19.4 Å². The van der Waals surface area contributed by atoms with Gasteiger partial charge in [0.25, 0.3) is 0 Å². The Hall–Kier alpha value is -3.25. The Labute approximate surface area is 189 Å². The lowest BCUT2D eigenvalue weighted by Crippen LogP contribution is -2.36. The fourth-order valence-electron chi connectivity index (χ4n) is 4.54. The van der Waals surface area contributed by atoms with Gasteiger partial charge < -0.3 is 15.3 Å². The number of aliphatic hydroxyl groups excluding tert-OH is 1. The molecule has 1 saturated carbocycles. The molecule has 0 spiro atoms. The van der Waals surface area contributed by atoms with Crippen LogP contribution in [0.4, 0.5) is 5.82 Å². The molecular formula is C26H31N5O. The van der Waals surface area contributed by atoms with Crippen LogP contribution in [0.15, 0.2) is 60.6 Å². The fraction of sp³-hybridized carbons (Fsp3) is 0.346. The van der Waals surface area contributed by atoms with Crippen LogP contribution in [0.3, 0.4) is 0 Å². The first kappa shape index (κ1) is 22.0. The molecule has 6 nitrogen and oxygen atoms in total. The minimum Gasteiger partial charge on any atom is -0.512 e. The normalized spacial score (nSPS) is 19.6. The Morgan fingerprint density at radius 2 is 1.72 bits per heavy atom. The lowest BCUT2D eigenvalue weighted by Gasteiger charge is -2.33. The summed E-state index contributed by atoms with van der Waals surface area (Å²) < 4.78 is 0. The fourth-order valence-corrected chi connectivity index (χ4v) is 4.54. The van der Waals surface area contributed by atoms with Crippen LogP contribution in [0.5, 0.6) is 0 Å². The predicted octanol–water partition coefficient (Wildman–Crippen LogP) is 5.27. The maximum atomic E-state index is 10.5. The molecule has 0 unspecified atom stereocenters. The number of nitrogens with zero attached hydrogens (tertiary/aromatic N) is 3. The quantitative estimate of drug-likeness (QED) is 0.367. The smallest absolute Gasteiger partial charge is 0.137 e. The van der Waals surface area contributed by atoms with Gasteiger partial charge in [0.2, 0.25) is 0 Å². The van der Waals surface area contributed by atoms with Crippen molar-refractivity contribution in [3.63, 3.8) is 0 Å². The number of allylic oxidation sites excluding steroid dienone is 2. The average molecular weight is 430 g/mol. The Kier molecular flexibility index (Phi) is 6.51.